The van der Waals surface area contributed by atoms with Crippen LogP contribution in [0.15, 0.2) is 29.4 Å². The molecule has 2 amide bonds. The summed E-state index contributed by atoms with van der Waals surface area (Å²) in [6.45, 7) is 2.06. The lowest BCUT2D eigenvalue weighted by Crippen LogP contribution is -2.36. The molecule has 1 rings (SSSR count). The fourth-order valence-electron chi connectivity index (χ4n) is 0.994. The van der Waals surface area contributed by atoms with Crippen LogP contribution < -0.4 is 5.73 Å². The summed E-state index contributed by atoms with van der Waals surface area (Å²) in [6, 6.07) is 4.74. The molecule has 6 heteroatoms. The Morgan fingerprint density at radius 2 is 2.47 bits per heavy atom. The van der Waals surface area contributed by atoms with Gasteiger partial charge in [0.1, 0.15) is 0 Å². The number of thioether (sulfide) groups is 1. The number of nitrogens with zero attached hydrogens (tertiary/aromatic N) is 2. The number of urea groups is 1. The summed E-state index contributed by atoms with van der Waals surface area (Å²) in [4.78, 5) is 14.7. The van der Waals surface area contributed by atoms with Crippen LogP contribution in [0.4, 0.5) is 4.79 Å². The molecule has 0 saturated carbocycles. The van der Waals surface area contributed by atoms with Gasteiger partial charge in [0.15, 0.2) is 0 Å². The van der Waals surface area contributed by atoms with Gasteiger partial charge in [0.2, 0.25) is 0 Å². The first-order chi connectivity index (χ1) is 7.09. The minimum Gasteiger partial charge on any atom is -0.350 e. The van der Waals surface area contributed by atoms with Gasteiger partial charge in [-0.2, -0.15) is 0 Å². The second kappa shape index (κ2) is 5.57. The molecule has 0 bridgehead atoms. The fraction of sp³-hybridized carbons (Fsp3) is 0.333. The van der Waals surface area contributed by atoms with E-state index in [1.54, 1.807) is 6.20 Å². The van der Waals surface area contributed by atoms with Gasteiger partial charge in [0.05, 0.1) is 11.6 Å². The van der Waals surface area contributed by atoms with Crippen molar-refractivity contribution >= 4 is 17.8 Å². The minimum atomic E-state index is -0.844. The molecule has 1 aromatic rings. The molecule has 0 aromatic carbocycles. The van der Waals surface area contributed by atoms with Crippen molar-refractivity contribution in [1.29, 1.82) is 0 Å². The van der Waals surface area contributed by atoms with Crippen LogP contribution in [0.1, 0.15) is 6.92 Å². The number of carbonyl (C=O) groups excluding carboxylic acids is 1. The zero-order valence-corrected chi connectivity index (χ0v) is 9.15. The van der Waals surface area contributed by atoms with Gasteiger partial charge in [-0.25, -0.2) is 14.8 Å². The van der Waals surface area contributed by atoms with Crippen molar-refractivity contribution in [2.24, 2.45) is 5.73 Å². The van der Waals surface area contributed by atoms with E-state index in [9.17, 15) is 4.79 Å². The Hall–Kier alpha value is -1.27. The van der Waals surface area contributed by atoms with Gasteiger partial charge in [-0.15, -0.1) is 11.8 Å². The standard InChI is InChI=1S/C9H13N3O2S/c1-7(6-12(14)9(10)13)15-8-4-2-3-5-11-8/h2-5,7,14H,6H2,1H3,(H2,10,13). The second-order valence-electron chi connectivity index (χ2n) is 3.02. The second-order valence-corrected chi connectivity index (χ2v) is 4.48. The van der Waals surface area contributed by atoms with Crippen molar-refractivity contribution in [1.82, 2.24) is 10.0 Å². The van der Waals surface area contributed by atoms with Crippen molar-refractivity contribution in [2.45, 2.75) is 17.2 Å². The molecule has 0 spiro atoms. The molecule has 82 valence electrons. The van der Waals surface area contributed by atoms with Crippen molar-refractivity contribution in [2.75, 3.05) is 6.54 Å². The number of rotatable bonds is 4. The van der Waals surface area contributed by atoms with Gasteiger partial charge in [0, 0.05) is 11.4 Å². The minimum absolute atomic E-state index is 0.0254. The molecule has 0 fully saturated rings. The summed E-state index contributed by atoms with van der Waals surface area (Å²) >= 11 is 1.47. The number of hydrogen-bond acceptors (Lipinski definition) is 4. The SMILES string of the molecule is CC(CN(O)C(N)=O)Sc1ccccn1. The highest BCUT2D eigenvalue weighted by molar-refractivity contribution is 7.99. The van der Waals surface area contributed by atoms with Gasteiger partial charge in [0.25, 0.3) is 0 Å². The van der Waals surface area contributed by atoms with Crippen LogP contribution in [0.3, 0.4) is 0 Å². The number of carbonyl (C=O) groups is 1. The first-order valence-electron chi connectivity index (χ1n) is 4.43. The first kappa shape index (κ1) is 11.8. The Kier molecular flexibility index (Phi) is 4.38. The van der Waals surface area contributed by atoms with E-state index in [-0.39, 0.29) is 11.8 Å². The van der Waals surface area contributed by atoms with E-state index in [1.165, 1.54) is 11.8 Å². The lowest BCUT2D eigenvalue weighted by Gasteiger charge is -2.16. The maximum atomic E-state index is 10.6. The third kappa shape index (κ3) is 4.18. The molecular weight excluding hydrogens is 214 g/mol. The number of pyridine rings is 1. The van der Waals surface area contributed by atoms with Crippen LogP contribution in [0, 0.1) is 0 Å². The number of hydrogen-bond donors (Lipinski definition) is 2. The highest BCUT2D eigenvalue weighted by Crippen LogP contribution is 2.20. The smallest absolute Gasteiger partial charge is 0.338 e. The summed E-state index contributed by atoms with van der Waals surface area (Å²) < 4.78 is 0. The Balaban J connectivity index is 2.43. The predicted molar refractivity (Wildman–Crippen MR) is 57.6 cm³/mol. The molecule has 0 aliphatic rings. The molecule has 1 atom stereocenters. The van der Waals surface area contributed by atoms with Crippen LogP contribution >= 0.6 is 11.8 Å². The Bertz CT molecular complexity index is 320. The van der Waals surface area contributed by atoms with Crippen molar-refractivity contribution in [3.8, 4) is 0 Å². The fourth-order valence-corrected chi connectivity index (χ4v) is 1.90. The molecule has 0 radical (unpaired) electrons. The van der Waals surface area contributed by atoms with E-state index in [0.29, 0.717) is 5.06 Å². The highest BCUT2D eigenvalue weighted by Gasteiger charge is 2.12. The molecule has 1 heterocycles. The number of amides is 2. The third-order valence-electron chi connectivity index (χ3n) is 1.64. The average molecular weight is 227 g/mol. The molecule has 0 aliphatic heterocycles. The summed E-state index contributed by atoms with van der Waals surface area (Å²) in [5, 5.41) is 10.5. The number of primary amides is 1. The Labute approximate surface area is 92.2 Å². The van der Waals surface area contributed by atoms with Crippen LogP contribution in [-0.4, -0.2) is 33.1 Å². The quantitative estimate of drug-likeness (QED) is 0.462. The third-order valence-corrected chi connectivity index (χ3v) is 2.68. The molecule has 0 saturated heterocycles. The van der Waals surface area contributed by atoms with Gasteiger partial charge < -0.3 is 5.73 Å². The van der Waals surface area contributed by atoms with Crippen LogP contribution in [0.2, 0.25) is 0 Å². The lowest BCUT2D eigenvalue weighted by molar-refractivity contribution is -0.0378. The van der Waals surface area contributed by atoms with Gasteiger partial charge in [-0.05, 0) is 12.1 Å². The van der Waals surface area contributed by atoms with E-state index in [2.05, 4.69) is 4.98 Å². The lowest BCUT2D eigenvalue weighted by atomic mass is 10.5. The van der Waals surface area contributed by atoms with Gasteiger partial charge >= 0.3 is 6.03 Å². The van der Waals surface area contributed by atoms with Crippen molar-refractivity contribution < 1.29 is 10.0 Å². The largest absolute Gasteiger partial charge is 0.350 e. The van der Waals surface area contributed by atoms with Gasteiger partial charge in [-0.3, -0.25) is 5.21 Å². The van der Waals surface area contributed by atoms with E-state index in [1.807, 2.05) is 25.1 Å². The zero-order chi connectivity index (χ0) is 11.3. The molecule has 3 N–H and O–H groups in total. The molecule has 5 nitrogen and oxygen atoms in total. The first-order valence-corrected chi connectivity index (χ1v) is 5.31. The average Bonchev–Trinajstić information content (AvgIpc) is 2.18. The van der Waals surface area contributed by atoms with E-state index >= 15 is 0 Å². The number of hydroxylamine groups is 2. The van der Waals surface area contributed by atoms with Crippen LogP contribution in [0.25, 0.3) is 0 Å². The Morgan fingerprint density at radius 1 is 1.73 bits per heavy atom. The summed E-state index contributed by atoms with van der Waals surface area (Å²) in [7, 11) is 0. The Morgan fingerprint density at radius 3 is 3.00 bits per heavy atom. The maximum absolute atomic E-state index is 10.6. The maximum Gasteiger partial charge on any atom is 0.338 e. The number of nitrogens with two attached hydrogens (primary N) is 1. The topological polar surface area (TPSA) is 79.5 Å². The zero-order valence-electron chi connectivity index (χ0n) is 8.33. The highest BCUT2D eigenvalue weighted by atomic mass is 32.2. The van der Waals surface area contributed by atoms with Crippen LogP contribution in [0.5, 0.6) is 0 Å². The molecule has 0 aliphatic carbocycles. The molecule has 15 heavy (non-hydrogen) atoms. The van der Waals surface area contributed by atoms with Gasteiger partial charge in [-0.1, -0.05) is 13.0 Å². The molecule has 1 aromatic heterocycles. The van der Waals surface area contributed by atoms with Crippen molar-refractivity contribution in [3.05, 3.63) is 24.4 Å². The van der Waals surface area contributed by atoms with E-state index in [4.69, 9.17) is 10.9 Å². The predicted octanol–water partition coefficient (Wildman–Crippen LogP) is 1.33. The molecular formula is C9H13N3O2S. The number of aromatic nitrogens is 1. The normalized spacial score (nSPS) is 12.1. The van der Waals surface area contributed by atoms with E-state index in [0.717, 1.165) is 5.03 Å². The van der Waals surface area contributed by atoms with Crippen LogP contribution in [-0.2, 0) is 0 Å². The summed E-state index contributed by atoms with van der Waals surface area (Å²) in [5.41, 5.74) is 4.89. The summed E-state index contributed by atoms with van der Waals surface area (Å²) in [5.74, 6) is 0. The monoisotopic (exact) mass is 227 g/mol. The summed E-state index contributed by atoms with van der Waals surface area (Å²) in [6.07, 6.45) is 1.69. The van der Waals surface area contributed by atoms with Crippen molar-refractivity contribution in [3.63, 3.8) is 0 Å². The molecule has 1 unspecified atom stereocenters. The van der Waals surface area contributed by atoms with E-state index < -0.39 is 6.03 Å².